The van der Waals surface area contributed by atoms with Crippen LogP contribution in [-0.4, -0.2) is 13.9 Å². The highest BCUT2D eigenvalue weighted by Gasteiger charge is 2.09. The van der Waals surface area contributed by atoms with Gasteiger partial charge in [0.2, 0.25) is 0 Å². The summed E-state index contributed by atoms with van der Waals surface area (Å²) in [5.74, 6) is 0.187. The number of benzene rings is 2. The van der Waals surface area contributed by atoms with Crippen molar-refractivity contribution >= 4 is 28.1 Å². The summed E-state index contributed by atoms with van der Waals surface area (Å²) in [5.41, 5.74) is 20.7. The molecule has 2 aromatic rings. The van der Waals surface area contributed by atoms with E-state index < -0.39 is 11.1 Å². The molecule has 0 aromatic heterocycles. The van der Waals surface area contributed by atoms with Crippen molar-refractivity contribution in [3.05, 3.63) is 41.0 Å². The molecule has 0 heterocycles. The lowest BCUT2D eigenvalue weighted by Crippen LogP contribution is -2.00. The summed E-state index contributed by atoms with van der Waals surface area (Å²) >= 11 is -1.94. The molecular weight excluding hydrogens is 374 g/mol. The summed E-state index contributed by atoms with van der Waals surface area (Å²) in [6, 6.07) is 6.58. The van der Waals surface area contributed by atoms with Crippen LogP contribution in [-0.2, 0) is 17.5 Å². The Balaban J connectivity index is 0. The van der Waals surface area contributed by atoms with E-state index in [1.807, 2.05) is 47.6 Å². The van der Waals surface area contributed by atoms with E-state index in [-0.39, 0.29) is 5.75 Å². The molecule has 0 fully saturated rings. The van der Waals surface area contributed by atoms with Crippen LogP contribution in [0.4, 0.5) is 17.1 Å². The van der Waals surface area contributed by atoms with Gasteiger partial charge < -0.3 is 26.9 Å². The number of hydrogen-bond acceptors (Lipinski definition) is 5. The third-order valence-corrected chi connectivity index (χ3v) is 4.31. The molecule has 0 spiro atoms. The summed E-state index contributed by atoms with van der Waals surface area (Å²) in [5, 5.41) is 9.09. The number of anilines is 3. The molecule has 160 valence electrons. The van der Waals surface area contributed by atoms with Gasteiger partial charge in [-0.05, 0) is 49.1 Å². The van der Waals surface area contributed by atoms with Crippen LogP contribution in [0.5, 0.6) is 5.75 Å². The first-order valence-corrected chi connectivity index (χ1v) is 10.6. The van der Waals surface area contributed by atoms with Crippen molar-refractivity contribution in [3.8, 4) is 5.75 Å². The summed E-state index contributed by atoms with van der Waals surface area (Å²) in [4.78, 5) is 0.440. The molecule has 0 bridgehead atoms. The van der Waals surface area contributed by atoms with E-state index in [0.29, 0.717) is 22.0 Å². The van der Waals surface area contributed by atoms with Gasteiger partial charge in [-0.3, -0.25) is 0 Å². The Morgan fingerprint density at radius 1 is 0.857 bits per heavy atom. The Bertz CT molecular complexity index is 700. The van der Waals surface area contributed by atoms with Crippen molar-refractivity contribution in [3.63, 3.8) is 0 Å². The van der Waals surface area contributed by atoms with Gasteiger partial charge in [-0.25, -0.2) is 4.21 Å². The van der Waals surface area contributed by atoms with Gasteiger partial charge in [0.25, 0.3) is 0 Å². The quantitative estimate of drug-likeness (QED) is 0.273. The molecule has 0 amide bonds. The highest BCUT2D eigenvalue weighted by Crippen LogP contribution is 2.24. The number of nitrogen functional groups attached to an aromatic ring is 3. The normalized spacial score (nSPS) is 10.3. The number of phenolic OH excluding ortho intramolecular Hbond substituents is 1. The molecule has 1 atom stereocenters. The summed E-state index contributed by atoms with van der Waals surface area (Å²) in [6.45, 7) is 13.7. The molecule has 0 radical (unpaired) electrons. The van der Waals surface area contributed by atoms with Crippen LogP contribution in [0.1, 0.15) is 57.7 Å². The average Bonchev–Trinajstić information content (AvgIpc) is 2.67. The second-order valence-electron chi connectivity index (χ2n) is 5.58. The molecule has 0 saturated carbocycles. The number of aryl methyl sites for hydroxylation is 3. The zero-order chi connectivity index (χ0) is 22.4. The van der Waals surface area contributed by atoms with Gasteiger partial charge in [-0.1, -0.05) is 47.1 Å². The van der Waals surface area contributed by atoms with E-state index in [2.05, 4.69) is 0 Å². The molecule has 0 aliphatic carbocycles. The Kier molecular flexibility index (Phi) is 14.7. The fraction of sp³-hybridized carbons (Fsp3) is 0.429. The largest absolute Gasteiger partial charge is 0.508 e. The number of nitrogens with two attached hydrogens (primary N) is 3. The molecule has 1 unspecified atom stereocenters. The topological polar surface area (TPSA) is 136 Å². The summed E-state index contributed by atoms with van der Waals surface area (Å²) < 4.78 is 20.1. The molecule has 6 nitrogen and oxygen atoms in total. The third-order valence-electron chi connectivity index (χ3n) is 3.56. The molecule has 28 heavy (non-hydrogen) atoms. The monoisotopic (exact) mass is 411 g/mol. The maximum absolute atomic E-state index is 11.0. The van der Waals surface area contributed by atoms with Crippen molar-refractivity contribution in [2.75, 3.05) is 17.2 Å². The van der Waals surface area contributed by atoms with E-state index >= 15 is 0 Å². The highest BCUT2D eigenvalue weighted by molar-refractivity contribution is 7.79. The van der Waals surface area contributed by atoms with E-state index in [0.717, 1.165) is 29.5 Å². The Morgan fingerprint density at radius 3 is 1.79 bits per heavy atom. The maximum Gasteiger partial charge on any atom is 0.186 e. The lowest BCUT2D eigenvalue weighted by molar-refractivity contribution is 0.471. The van der Waals surface area contributed by atoms with Gasteiger partial charge in [-0.15, -0.1) is 0 Å². The Hall–Kier alpha value is -2.25. The van der Waals surface area contributed by atoms with E-state index in [1.54, 1.807) is 19.1 Å². The first-order chi connectivity index (χ1) is 13.2. The van der Waals surface area contributed by atoms with Gasteiger partial charge >= 0.3 is 0 Å². The van der Waals surface area contributed by atoms with Crippen LogP contribution in [0, 0.1) is 13.8 Å². The van der Waals surface area contributed by atoms with E-state index in [4.69, 9.17) is 26.9 Å². The molecule has 0 aliphatic rings. The van der Waals surface area contributed by atoms with Gasteiger partial charge in [0.15, 0.2) is 11.1 Å². The minimum atomic E-state index is -1.94. The SMILES string of the molecule is CC.CC.CCCc1cc(C)c(N)cc1S(=O)O.Cc1cc(N)c(N)cc1O. The third kappa shape index (κ3) is 9.10. The lowest BCUT2D eigenvalue weighted by atomic mass is 10.1. The van der Waals surface area contributed by atoms with Crippen LogP contribution >= 0.6 is 0 Å². The van der Waals surface area contributed by atoms with Crippen molar-refractivity contribution in [2.45, 2.75) is 66.2 Å². The Morgan fingerprint density at radius 2 is 1.36 bits per heavy atom. The lowest BCUT2D eigenvalue weighted by Gasteiger charge is -2.08. The van der Waals surface area contributed by atoms with Crippen molar-refractivity contribution in [2.24, 2.45) is 0 Å². The number of hydrogen-bond donors (Lipinski definition) is 5. The number of rotatable bonds is 3. The predicted octanol–water partition coefficient (Wildman–Crippen LogP) is 5.03. The zero-order valence-electron chi connectivity index (χ0n) is 18.2. The van der Waals surface area contributed by atoms with Crippen molar-refractivity contribution in [1.29, 1.82) is 0 Å². The number of phenols is 1. The van der Waals surface area contributed by atoms with E-state index in [9.17, 15) is 4.21 Å². The minimum Gasteiger partial charge on any atom is -0.508 e. The average molecular weight is 412 g/mol. The van der Waals surface area contributed by atoms with E-state index in [1.165, 1.54) is 6.07 Å². The predicted molar refractivity (Wildman–Crippen MR) is 123 cm³/mol. The second-order valence-corrected chi connectivity index (χ2v) is 6.52. The maximum atomic E-state index is 11.0. The first-order valence-electron chi connectivity index (χ1n) is 9.51. The van der Waals surface area contributed by atoms with Crippen LogP contribution in [0.25, 0.3) is 0 Å². The van der Waals surface area contributed by atoms with Gasteiger partial charge in [0.1, 0.15) is 5.75 Å². The fourth-order valence-electron chi connectivity index (χ4n) is 2.13. The summed E-state index contributed by atoms with van der Waals surface area (Å²) in [7, 11) is 0. The molecule has 0 saturated heterocycles. The zero-order valence-corrected chi connectivity index (χ0v) is 19.0. The molecule has 7 heteroatoms. The van der Waals surface area contributed by atoms with Crippen molar-refractivity contribution < 1.29 is 13.9 Å². The van der Waals surface area contributed by atoms with Crippen LogP contribution in [0.2, 0.25) is 0 Å². The van der Waals surface area contributed by atoms with Crippen LogP contribution in [0.15, 0.2) is 29.2 Å². The van der Waals surface area contributed by atoms with Crippen LogP contribution in [0.3, 0.4) is 0 Å². The molecule has 8 N–H and O–H groups in total. The molecular formula is C21H37N3O3S. The number of aromatic hydroxyl groups is 1. The summed E-state index contributed by atoms with van der Waals surface area (Å²) in [6.07, 6.45) is 1.76. The van der Waals surface area contributed by atoms with Gasteiger partial charge in [-0.2, -0.15) is 0 Å². The molecule has 2 rings (SSSR count). The molecule has 2 aromatic carbocycles. The van der Waals surface area contributed by atoms with Crippen LogP contribution < -0.4 is 17.2 Å². The van der Waals surface area contributed by atoms with Crippen molar-refractivity contribution in [1.82, 2.24) is 0 Å². The van der Waals surface area contributed by atoms with Gasteiger partial charge in [0.05, 0.1) is 16.3 Å². The minimum absolute atomic E-state index is 0.187. The second kappa shape index (κ2) is 14.8. The molecule has 0 aliphatic heterocycles. The Labute approximate surface area is 172 Å². The first kappa shape index (κ1) is 28.0. The fourth-order valence-corrected chi connectivity index (χ4v) is 2.74. The standard InChI is InChI=1S/C10H15NO2S.C7H10N2O.2C2H6/c1-3-4-8-5-7(2)9(11)6-10(8)14(12)13;1-4-2-5(8)6(9)3-7(4)10;2*1-2/h5-6H,3-4,11H2,1-2H3,(H,12,13);2-3,10H,8-9H2,1H3;2*1-2H3. The highest BCUT2D eigenvalue weighted by atomic mass is 32.2. The van der Waals surface area contributed by atoms with Gasteiger partial charge in [0, 0.05) is 11.8 Å². The smallest absolute Gasteiger partial charge is 0.186 e.